The van der Waals surface area contributed by atoms with E-state index in [0.29, 0.717) is 22.6 Å². The summed E-state index contributed by atoms with van der Waals surface area (Å²) in [6.45, 7) is 7.69. The number of anilines is 2. The third-order valence-electron chi connectivity index (χ3n) is 6.75. The Morgan fingerprint density at radius 1 is 1.24 bits per heavy atom. The molecule has 3 aromatic rings. The van der Waals surface area contributed by atoms with E-state index in [0.717, 1.165) is 36.9 Å². The van der Waals surface area contributed by atoms with Crippen molar-refractivity contribution in [3.05, 3.63) is 59.2 Å². The molecule has 1 aliphatic rings. The van der Waals surface area contributed by atoms with Gasteiger partial charge in [0, 0.05) is 17.6 Å². The van der Waals surface area contributed by atoms with Crippen LogP contribution >= 0.6 is 0 Å². The second-order valence-corrected chi connectivity index (χ2v) is 9.49. The van der Waals surface area contributed by atoms with Crippen LogP contribution in [0.1, 0.15) is 56.4 Å². The van der Waals surface area contributed by atoms with E-state index in [1.165, 1.54) is 6.07 Å². The number of rotatable bonds is 5. The Labute approximate surface area is 194 Å². The van der Waals surface area contributed by atoms with E-state index < -0.39 is 11.4 Å². The lowest BCUT2D eigenvalue weighted by atomic mass is 9.79. The zero-order valence-electron chi connectivity index (χ0n) is 19.6. The summed E-state index contributed by atoms with van der Waals surface area (Å²) in [5.41, 5.74) is 1.65. The third kappa shape index (κ3) is 4.68. The number of benzene rings is 1. The summed E-state index contributed by atoms with van der Waals surface area (Å²) < 4.78 is 14.6. The lowest BCUT2D eigenvalue weighted by Crippen LogP contribution is -2.41. The van der Waals surface area contributed by atoms with E-state index in [1.807, 2.05) is 32.9 Å². The van der Waals surface area contributed by atoms with E-state index in [9.17, 15) is 14.8 Å². The van der Waals surface area contributed by atoms with Gasteiger partial charge in [-0.15, -0.1) is 0 Å². The van der Waals surface area contributed by atoms with Crippen LogP contribution in [0.2, 0.25) is 0 Å². The zero-order chi connectivity index (χ0) is 23.8. The number of halogens is 1. The number of nitrogens with zero attached hydrogens (tertiary/aromatic N) is 4. The van der Waals surface area contributed by atoms with Crippen molar-refractivity contribution in [3.8, 4) is 6.07 Å². The smallest absolute Gasteiger partial charge is 0.148 e. The molecule has 4 rings (SSSR count). The average Bonchev–Trinajstić information content (AvgIpc) is 2.79. The summed E-state index contributed by atoms with van der Waals surface area (Å²) in [5.74, 6) is 0.158. The molecular weight excluding hydrogens is 417 g/mol. The molecule has 1 saturated heterocycles. The van der Waals surface area contributed by atoms with E-state index in [2.05, 4.69) is 28.3 Å². The first-order valence-corrected chi connectivity index (χ1v) is 11.4. The number of hydrogen-bond donors (Lipinski definition) is 2. The van der Waals surface area contributed by atoms with Crippen molar-refractivity contribution in [2.45, 2.75) is 45.1 Å². The molecule has 0 unspecified atom stereocenters. The lowest BCUT2D eigenvalue weighted by molar-refractivity contribution is -0.0334. The van der Waals surface area contributed by atoms with Crippen LogP contribution in [0.4, 0.5) is 15.9 Å². The monoisotopic (exact) mass is 447 g/mol. The number of likely N-dealkylation sites (tertiary alicyclic amines) is 1. The summed E-state index contributed by atoms with van der Waals surface area (Å²) >= 11 is 0. The Hall–Kier alpha value is -3.08. The van der Waals surface area contributed by atoms with Crippen LogP contribution in [0, 0.1) is 23.1 Å². The average molecular weight is 448 g/mol. The van der Waals surface area contributed by atoms with Gasteiger partial charge in [-0.3, -0.25) is 0 Å². The molecule has 7 heteroatoms. The molecule has 0 radical (unpaired) electrons. The molecule has 1 aliphatic heterocycles. The van der Waals surface area contributed by atoms with E-state index in [1.54, 1.807) is 18.3 Å². The molecule has 0 aliphatic carbocycles. The van der Waals surface area contributed by atoms with Gasteiger partial charge in [-0.25, -0.2) is 14.4 Å². The van der Waals surface area contributed by atoms with Gasteiger partial charge in [-0.1, -0.05) is 13.8 Å². The fourth-order valence-electron chi connectivity index (χ4n) is 4.54. The van der Waals surface area contributed by atoms with Crippen LogP contribution < -0.4 is 5.32 Å². The number of aliphatic hydroxyl groups is 1. The van der Waals surface area contributed by atoms with E-state index >= 15 is 0 Å². The van der Waals surface area contributed by atoms with Gasteiger partial charge in [-0.2, -0.15) is 5.26 Å². The number of aromatic nitrogens is 2. The van der Waals surface area contributed by atoms with Gasteiger partial charge >= 0.3 is 0 Å². The lowest BCUT2D eigenvalue weighted by Gasteiger charge is -2.38. The number of nitriles is 1. The number of piperidine rings is 1. The van der Waals surface area contributed by atoms with Crippen molar-refractivity contribution in [3.63, 3.8) is 0 Å². The Morgan fingerprint density at radius 3 is 2.64 bits per heavy atom. The Morgan fingerprint density at radius 2 is 1.97 bits per heavy atom. The van der Waals surface area contributed by atoms with Crippen molar-refractivity contribution >= 4 is 22.4 Å². The van der Waals surface area contributed by atoms with Crippen LogP contribution in [0.3, 0.4) is 0 Å². The van der Waals surface area contributed by atoms with Crippen molar-refractivity contribution in [2.75, 3.05) is 25.5 Å². The molecule has 0 spiro atoms. The second-order valence-electron chi connectivity index (χ2n) is 9.49. The maximum atomic E-state index is 14.6. The summed E-state index contributed by atoms with van der Waals surface area (Å²) in [6, 6.07) is 10.5. The molecule has 33 heavy (non-hydrogen) atoms. The number of fused-ring (bicyclic) bond motifs is 1. The minimum atomic E-state index is -1.03. The molecule has 1 fully saturated rings. The molecule has 2 aromatic heterocycles. The van der Waals surface area contributed by atoms with Crippen LogP contribution in [-0.2, 0) is 5.60 Å². The molecule has 2 N–H and O–H groups in total. The highest BCUT2D eigenvalue weighted by Crippen LogP contribution is 2.36. The van der Waals surface area contributed by atoms with Gasteiger partial charge in [0.2, 0.25) is 0 Å². The molecular formula is C26H30FN5O. The van der Waals surface area contributed by atoms with Crippen molar-refractivity contribution < 1.29 is 9.50 Å². The van der Waals surface area contributed by atoms with Gasteiger partial charge in [0.15, 0.2) is 0 Å². The topological polar surface area (TPSA) is 85.1 Å². The van der Waals surface area contributed by atoms with Crippen molar-refractivity contribution in [1.29, 1.82) is 5.26 Å². The Kier molecular flexibility index (Phi) is 6.33. The highest BCUT2D eigenvalue weighted by atomic mass is 19.1. The standard InChI is InChI=1S/C26H30FN5O/c1-16(2)20-12-23(21(27)11-18(20)14-28)31-25-13-22-17(15-29-25)5-6-24(30-22)26(3,33)19-7-9-32(4)10-8-19/h5-6,11-13,15-16,19,33H,7-10H2,1-4H3,(H,29,31)/t26-/m1/s1. The quantitative estimate of drug-likeness (QED) is 0.569. The molecule has 1 atom stereocenters. The van der Waals surface area contributed by atoms with Crippen LogP contribution in [0.15, 0.2) is 36.5 Å². The van der Waals surface area contributed by atoms with Gasteiger partial charge in [0.1, 0.15) is 17.2 Å². The number of nitrogens with one attached hydrogen (secondary N) is 1. The summed E-state index contributed by atoms with van der Waals surface area (Å²) in [7, 11) is 2.10. The molecule has 6 nitrogen and oxygen atoms in total. The molecule has 0 saturated carbocycles. The van der Waals surface area contributed by atoms with Crippen LogP contribution in [0.5, 0.6) is 0 Å². The van der Waals surface area contributed by atoms with Crippen LogP contribution in [-0.4, -0.2) is 40.1 Å². The Balaban J connectivity index is 1.65. The van der Waals surface area contributed by atoms with Crippen molar-refractivity contribution in [1.82, 2.24) is 14.9 Å². The van der Waals surface area contributed by atoms with Gasteiger partial charge < -0.3 is 15.3 Å². The molecule has 1 aromatic carbocycles. The highest BCUT2D eigenvalue weighted by molar-refractivity contribution is 5.81. The normalized spacial score (nSPS) is 17.2. The predicted octanol–water partition coefficient (Wildman–Crippen LogP) is 5.06. The molecule has 172 valence electrons. The zero-order valence-corrected chi connectivity index (χ0v) is 19.6. The van der Waals surface area contributed by atoms with E-state index in [-0.39, 0.29) is 17.5 Å². The van der Waals surface area contributed by atoms with Crippen molar-refractivity contribution in [2.24, 2.45) is 5.92 Å². The molecule has 0 bridgehead atoms. The predicted molar refractivity (Wildman–Crippen MR) is 128 cm³/mol. The number of pyridine rings is 2. The van der Waals surface area contributed by atoms with Gasteiger partial charge in [-0.05, 0) is 81.6 Å². The Bertz CT molecular complexity index is 1210. The first-order chi connectivity index (χ1) is 15.7. The summed E-state index contributed by atoms with van der Waals surface area (Å²) in [6.07, 6.45) is 3.52. The first-order valence-electron chi connectivity index (χ1n) is 11.4. The first kappa shape index (κ1) is 23.1. The fraction of sp³-hybridized carbons (Fsp3) is 0.423. The van der Waals surface area contributed by atoms with Gasteiger partial charge in [0.05, 0.1) is 28.5 Å². The van der Waals surface area contributed by atoms with E-state index in [4.69, 9.17) is 4.98 Å². The summed E-state index contributed by atoms with van der Waals surface area (Å²) in [4.78, 5) is 11.4. The van der Waals surface area contributed by atoms with Crippen LogP contribution in [0.25, 0.3) is 10.9 Å². The molecule has 0 amide bonds. The molecule has 3 heterocycles. The maximum Gasteiger partial charge on any atom is 0.148 e. The number of hydrogen-bond acceptors (Lipinski definition) is 6. The summed E-state index contributed by atoms with van der Waals surface area (Å²) in [5, 5.41) is 24.5. The highest BCUT2D eigenvalue weighted by Gasteiger charge is 2.36. The minimum Gasteiger partial charge on any atom is -0.384 e. The maximum absolute atomic E-state index is 14.6. The third-order valence-corrected chi connectivity index (χ3v) is 6.75. The van der Waals surface area contributed by atoms with Gasteiger partial charge in [0.25, 0.3) is 0 Å². The second kappa shape index (κ2) is 9.05. The SMILES string of the molecule is CC(C)c1cc(Nc2cc3nc([C@](C)(O)C4CCN(C)CC4)ccc3cn2)c(F)cc1C#N. The minimum absolute atomic E-state index is 0.0800. The fourth-order valence-corrected chi connectivity index (χ4v) is 4.54. The largest absolute Gasteiger partial charge is 0.384 e.